The van der Waals surface area contributed by atoms with Crippen molar-refractivity contribution < 1.29 is 4.79 Å². The molecule has 1 aromatic rings. The van der Waals surface area contributed by atoms with Crippen LogP contribution in [0.1, 0.15) is 29.6 Å². The quantitative estimate of drug-likeness (QED) is 0.803. The molecule has 0 spiro atoms. The second-order valence-electron chi connectivity index (χ2n) is 4.94. The molecule has 1 aliphatic rings. The monoisotopic (exact) mass is 392 g/mol. The van der Waals surface area contributed by atoms with Crippen LogP contribution in [-0.2, 0) is 0 Å². The fourth-order valence-corrected chi connectivity index (χ4v) is 3.23. The van der Waals surface area contributed by atoms with E-state index in [2.05, 4.69) is 22.6 Å². The predicted octanol–water partition coefficient (Wildman–Crippen LogP) is 3.15. The summed E-state index contributed by atoms with van der Waals surface area (Å²) in [6.07, 6.45) is 3.18. The van der Waals surface area contributed by atoms with E-state index in [0.29, 0.717) is 16.5 Å². The molecule has 1 saturated heterocycles. The van der Waals surface area contributed by atoms with Crippen LogP contribution in [0.4, 0.5) is 0 Å². The molecule has 1 aromatic carbocycles. The maximum Gasteiger partial charge on any atom is 0.254 e. The maximum absolute atomic E-state index is 12.5. The Hall–Kier alpha value is -0.330. The van der Waals surface area contributed by atoms with Crippen LogP contribution in [0.2, 0.25) is 5.02 Å². The van der Waals surface area contributed by atoms with E-state index in [0.717, 1.165) is 42.5 Å². The van der Waals surface area contributed by atoms with Crippen molar-refractivity contribution in [2.24, 2.45) is 11.7 Å². The predicted molar refractivity (Wildman–Crippen MR) is 86.5 cm³/mol. The Kier molecular flexibility index (Phi) is 5.47. The number of carbonyl (C=O) groups is 1. The Morgan fingerprint density at radius 1 is 1.42 bits per heavy atom. The first kappa shape index (κ1) is 15.1. The van der Waals surface area contributed by atoms with Gasteiger partial charge in [-0.1, -0.05) is 11.6 Å². The van der Waals surface area contributed by atoms with Gasteiger partial charge in [-0.15, -0.1) is 0 Å². The van der Waals surface area contributed by atoms with Gasteiger partial charge in [0.2, 0.25) is 0 Å². The van der Waals surface area contributed by atoms with Crippen LogP contribution in [0.5, 0.6) is 0 Å². The Bertz CT molecular complexity index is 459. The number of rotatable bonds is 3. The van der Waals surface area contributed by atoms with Gasteiger partial charge in [0, 0.05) is 21.7 Å². The largest absolute Gasteiger partial charge is 0.339 e. The molecule has 0 atom stereocenters. The number of benzene rings is 1. The third kappa shape index (κ3) is 3.83. The molecule has 2 rings (SSSR count). The zero-order valence-electron chi connectivity index (χ0n) is 10.7. The Morgan fingerprint density at radius 3 is 2.74 bits per heavy atom. The van der Waals surface area contributed by atoms with Crippen molar-refractivity contribution >= 4 is 40.1 Å². The number of likely N-dealkylation sites (tertiary alicyclic amines) is 1. The SMILES string of the molecule is NCCC1CCN(C(=O)c2cc(Cl)ccc2I)CC1. The minimum atomic E-state index is 0.0955. The van der Waals surface area contributed by atoms with Crippen molar-refractivity contribution in [3.8, 4) is 0 Å². The van der Waals surface area contributed by atoms with Gasteiger partial charge in [-0.2, -0.15) is 0 Å². The summed E-state index contributed by atoms with van der Waals surface area (Å²) >= 11 is 8.16. The highest BCUT2D eigenvalue weighted by molar-refractivity contribution is 14.1. The second kappa shape index (κ2) is 6.90. The summed E-state index contributed by atoms with van der Waals surface area (Å²) in [5, 5.41) is 0.613. The molecule has 19 heavy (non-hydrogen) atoms. The summed E-state index contributed by atoms with van der Waals surface area (Å²) in [7, 11) is 0. The average molecular weight is 393 g/mol. The third-order valence-electron chi connectivity index (χ3n) is 3.64. The molecule has 0 saturated carbocycles. The minimum absolute atomic E-state index is 0.0955. The Labute approximate surface area is 132 Å². The van der Waals surface area contributed by atoms with Crippen LogP contribution in [0.25, 0.3) is 0 Å². The molecular weight excluding hydrogens is 375 g/mol. The van der Waals surface area contributed by atoms with E-state index in [9.17, 15) is 4.79 Å². The molecular formula is C14H18ClIN2O. The van der Waals surface area contributed by atoms with Crippen molar-refractivity contribution in [3.05, 3.63) is 32.4 Å². The summed E-state index contributed by atoms with van der Waals surface area (Å²) < 4.78 is 0.955. The fraction of sp³-hybridized carbons (Fsp3) is 0.500. The average Bonchev–Trinajstić information content (AvgIpc) is 2.42. The standard InChI is InChI=1S/C14H18ClIN2O/c15-11-1-2-13(16)12(9-11)14(19)18-7-4-10(3-6-17)5-8-18/h1-2,9-10H,3-8,17H2. The number of amides is 1. The van der Waals surface area contributed by atoms with Crippen LogP contribution in [0.15, 0.2) is 18.2 Å². The number of halogens is 2. The van der Waals surface area contributed by atoms with Crippen molar-refractivity contribution in [1.29, 1.82) is 0 Å². The molecule has 0 unspecified atom stereocenters. The van der Waals surface area contributed by atoms with E-state index in [1.165, 1.54) is 0 Å². The zero-order chi connectivity index (χ0) is 13.8. The molecule has 0 aromatic heterocycles. The van der Waals surface area contributed by atoms with E-state index < -0.39 is 0 Å². The van der Waals surface area contributed by atoms with Crippen LogP contribution in [0, 0.1) is 9.49 Å². The smallest absolute Gasteiger partial charge is 0.254 e. The lowest BCUT2D eigenvalue weighted by Crippen LogP contribution is -2.39. The number of hydrogen-bond donors (Lipinski definition) is 1. The zero-order valence-corrected chi connectivity index (χ0v) is 13.7. The molecule has 5 heteroatoms. The third-order valence-corrected chi connectivity index (χ3v) is 4.81. The van der Waals surface area contributed by atoms with Crippen molar-refractivity contribution in [2.45, 2.75) is 19.3 Å². The number of nitrogens with two attached hydrogens (primary N) is 1. The van der Waals surface area contributed by atoms with E-state index in [1.807, 2.05) is 17.0 Å². The first-order valence-electron chi connectivity index (χ1n) is 6.56. The lowest BCUT2D eigenvalue weighted by molar-refractivity contribution is 0.0687. The van der Waals surface area contributed by atoms with Crippen molar-refractivity contribution in [3.63, 3.8) is 0 Å². The van der Waals surface area contributed by atoms with Crippen molar-refractivity contribution in [1.82, 2.24) is 4.90 Å². The van der Waals surface area contributed by atoms with Gasteiger partial charge in [-0.05, 0) is 72.5 Å². The van der Waals surface area contributed by atoms with Gasteiger partial charge < -0.3 is 10.6 Å². The lowest BCUT2D eigenvalue weighted by Gasteiger charge is -2.32. The summed E-state index contributed by atoms with van der Waals surface area (Å²) in [6.45, 7) is 2.39. The van der Waals surface area contributed by atoms with E-state index in [1.54, 1.807) is 6.07 Å². The van der Waals surface area contributed by atoms with Crippen LogP contribution < -0.4 is 5.73 Å². The molecule has 1 fully saturated rings. The molecule has 0 aliphatic carbocycles. The number of piperidine rings is 1. The summed E-state index contributed by atoms with van der Waals surface area (Å²) in [4.78, 5) is 14.4. The number of hydrogen-bond acceptors (Lipinski definition) is 2. The topological polar surface area (TPSA) is 46.3 Å². The van der Waals surface area contributed by atoms with Gasteiger partial charge in [-0.25, -0.2) is 0 Å². The normalized spacial score (nSPS) is 16.7. The number of carbonyl (C=O) groups excluding carboxylic acids is 1. The highest BCUT2D eigenvalue weighted by atomic mass is 127. The van der Waals surface area contributed by atoms with Crippen LogP contribution >= 0.6 is 34.2 Å². The van der Waals surface area contributed by atoms with E-state index in [-0.39, 0.29) is 5.91 Å². The van der Waals surface area contributed by atoms with Gasteiger partial charge in [0.1, 0.15) is 0 Å². The van der Waals surface area contributed by atoms with Gasteiger partial charge in [0.25, 0.3) is 5.91 Å². The van der Waals surface area contributed by atoms with Gasteiger partial charge in [0.05, 0.1) is 5.56 Å². The van der Waals surface area contributed by atoms with E-state index in [4.69, 9.17) is 17.3 Å². The molecule has 104 valence electrons. The summed E-state index contributed by atoms with van der Waals surface area (Å²) in [6, 6.07) is 5.46. The fourth-order valence-electron chi connectivity index (χ4n) is 2.49. The minimum Gasteiger partial charge on any atom is -0.339 e. The first-order chi connectivity index (χ1) is 9.11. The highest BCUT2D eigenvalue weighted by Crippen LogP contribution is 2.24. The van der Waals surface area contributed by atoms with E-state index >= 15 is 0 Å². The first-order valence-corrected chi connectivity index (χ1v) is 8.02. The van der Waals surface area contributed by atoms with Gasteiger partial charge in [0.15, 0.2) is 0 Å². The van der Waals surface area contributed by atoms with Gasteiger partial charge >= 0.3 is 0 Å². The number of nitrogens with zero attached hydrogens (tertiary/aromatic N) is 1. The molecule has 1 heterocycles. The molecule has 2 N–H and O–H groups in total. The Morgan fingerprint density at radius 2 is 2.11 bits per heavy atom. The molecule has 0 bridgehead atoms. The molecule has 0 radical (unpaired) electrons. The maximum atomic E-state index is 12.5. The van der Waals surface area contributed by atoms with Gasteiger partial charge in [-0.3, -0.25) is 4.79 Å². The summed E-state index contributed by atoms with van der Waals surface area (Å²) in [5.41, 5.74) is 6.30. The van der Waals surface area contributed by atoms with Crippen LogP contribution in [0.3, 0.4) is 0 Å². The molecule has 1 aliphatic heterocycles. The van der Waals surface area contributed by atoms with Crippen LogP contribution in [-0.4, -0.2) is 30.4 Å². The van der Waals surface area contributed by atoms with Crippen molar-refractivity contribution in [2.75, 3.05) is 19.6 Å². The molecule has 1 amide bonds. The Balaban J connectivity index is 2.03. The highest BCUT2D eigenvalue weighted by Gasteiger charge is 2.24. The molecule has 3 nitrogen and oxygen atoms in total. The lowest BCUT2D eigenvalue weighted by atomic mass is 9.93. The summed E-state index contributed by atoms with van der Waals surface area (Å²) in [5.74, 6) is 0.769. The second-order valence-corrected chi connectivity index (χ2v) is 6.54.